The van der Waals surface area contributed by atoms with Crippen LogP contribution in [0.2, 0.25) is 0 Å². The molecule has 0 spiro atoms. The third kappa shape index (κ3) is 1.90. The van der Waals surface area contributed by atoms with Crippen molar-refractivity contribution in [1.82, 2.24) is 0 Å². The van der Waals surface area contributed by atoms with Crippen LogP contribution in [0, 0.1) is 0 Å². The summed E-state index contributed by atoms with van der Waals surface area (Å²) in [6.07, 6.45) is 0. The van der Waals surface area contributed by atoms with Gasteiger partial charge in [0.2, 0.25) is 0 Å². The molecule has 1 aromatic carbocycles. The van der Waals surface area contributed by atoms with Crippen LogP contribution in [0.25, 0.3) is 0 Å². The Bertz CT molecular complexity index is 216. The molecule has 2 nitrogen and oxygen atoms in total. The Morgan fingerprint density at radius 1 is 1.30 bits per heavy atom. The quantitative estimate of drug-likeness (QED) is 0.320. The van der Waals surface area contributed by atoms with Crippen LogP contribution in [0.5, 0.6) is 5.75 Å². The first-order valence-electron chi connectivity index (χ1n) is 3.08. The maximum Gasteiger partial charge on any atom is 0.625 e. The third-order valence-corrected chi connectivity index (χ3v) is 1.05. The fourth-order valence-corrected chi connectivity index (χ4v) is 0.689. The predicted molar refractivity (Wildman–Crippen MR) is 40.7 cm³/mol. The minimum absolute atomic E-state index is 0.0891. The zero-order valence-electron chi connectivity index (χ0n) is 5.78. The minimum Gasteiger partial charge on any atom is -0.477 e. The van der Waals surface area contributed by atoms with E-state index in [4.69, 9.17) is 4.79 Å². The Labute approximate surface area is 59.4 Å². The molecule has 2 heteroatoms. The van der Waals surface area contributed by atoms with Crippen molar-refractivity contribution in [3.63, 3.8) is 0 Å². The van der Waals surface area contributed by atoms with Crippen LogP contribution in [-0.2, 0) is 0 Å². The Kier molecular flexibility index (Phi) is 2.05. The largest absolute Gasteiger partial charge is 0.625 e. The van der Waals surface area contributed by atoms with Gasteiger partial charge in [-0.25, -0.2) is 4.79 Å². The average molecular weight is 138 g/mol. The van der Waals surface area contributed by atoms with Crippen molar-refractivity contribution in [2.45, 2.75) is 6.92 Å². The fraction of sp³-hybridized carbons (Fsp3) is 0.125. The van der Waals surface area contributed by atoms with E-state index in [1.165, 1.54) is 0 Å². The van der Waals surface area contributed by atoms with Gasteiger partial charge >= 0.3 is 5.97 Å². The highest BCUT2D eigenvalue weighted by atomic mass is 16.5. The molecule has 2 N–H and O–H groups in total. The number of aromatic hydroxyl groups is 1. The molecule has 0 atom stereocenters. The van der Waals surface area contributed by atoms with Gasteiger partial charge < -0.3 is 4.74 Å². The topological polar surface area (TPSA) is 34.2 Å². The Hall–Kier alpha value is -1.31. The van der Waals surface area contributed by atoms with Crippen LogP contribution in [-0.4, -0.2) is 15.5 Å². The summed E-state index contributed by atoms with van der Waals surface area (Å²) in [5.41, 5.74) is 0. The lowest BCUT2D eigenvalue weighted by Gasteiger charge is -1.90. The molecule has 0 bridgehead atoms. The first-order chi connectivity index (χ1) is 4.79. The van der Waals surface area contributed by atoms with Gasteiger partial charge in [-0.15, -0.1) is 0 Å². The van der Waals surface area contributed by atoms with Crippen molar-refractivity contribution in [1.29, 1.82) is 0 Å². The van der Waals surface area contributed by atoms with Gasteiger partial charge in [0.15, 0.2) is 0 Å². The van der Waals surface area contributed by atoms with Crippen molar-refractivity contribution in [3.05, 3.63) is 30.3 Å². The highest BCUT2D eigenvalue weighted by Gasteiger charge is 2.06. The van der Waals surface area contributed by atoms with E-state index in [2.05, 4.69) is 4.74 Å². The highest BCUT2D eigenvalue weighted by molar-refractivity contribution is 5.68. The van der Waals surface area contributed by atoms with Crippen molar-refractivity contribution in [2.75, 3.05) is 0 Å². The lowest BCUT2D eigenvalue weighted by atomic mass is 10.3. The van der Waals surface area contributed by atoms with E-state index < -0.39 is 0 Å². The van der Waals surface area contributed by atoms with E-state index in [0.717, 1.165) is 5.75 Å². The molecule has 0 unspecified atom stereocenters. The molecule has 0 aliphatic rings. The predicted octanol–water partition coefficient (Wildman–Crippen LogP) is 1.45. The summed E-state index contributed by atoms with van der Waals surface area (Å²) in [5.74, 6) is 0.869. The maximum absolute atomic E-state index is 8.76. The van der Waals surface area contributed by atoms with E-state index in [1.807, 2.05) is 30.3 Å². The number of para-hydroxylation sites is 1. The van der Waals surface area contributed by atoms with E-state index in [1.54, 1.807) is 6.92 Å². The van der Waals surface area contributed by atoms with Crippen LogP contribution >= 0.6 is 0 Å². The molecule has 0 aliphatic heterocycles. The summed E-state index contributed by atoms with van der Waals surface area (Å²) in [5, 5.41) is 0. The van der Waals surface area contributed by atoms with Gasteiger partial charge in [0.05, 0.1) is 0 Å². The monoisotopic (exact) mass is 138 g/mol. The normalized spacial score (nSPS) is 8.90. The molecule has 0 saturated carbocycles. The summed E-state index contributed by atoms with van der Waals surface area (Å²) in [6.45, 7) is 1.55. The zero-order valence-corrected chi connectivity index (χ0v) is 5.78. The molecule has 0 heterocycles. The van der Waals surface area contributed by atoms with Crippen LogP contribution in [0.15, 0.2) is 30.3 Å². The van der Waals surface area contributed by atoms with Gasteiger partial charge in [0.25, 0.3) is 5.75 Å². The Morgan fingerprint density at radius 2 is 1.90 bits per heavy atom. The van der Waals surface area contributed by atoms with Gasteiger partial charge in [0, 0.05) is 12.1 Å². The van der Waals surface area contributed by atoms with Gasteiger partial charge in [-0.2, -0.15) is 0 Å². The second-order valence-electron chi connectivity index (χ2n) is 1.99. The molecule has 0 aromatic heterocycles. The van der Waals surface area contributed by atoms with E-state index in [9.17, 15) is 0 Å². The lowest BCUT2D eigenvalue weighted by molar-refractivity contribution is 0.224. The van der Waals surface area contributed by atoms with Crippen molar-refractivity contribution in [2.24, 2.45) is 0 Å². The van der Waals surface area contributed by atoms with Gasteiger partial charge in [-0.3, -0.25) is 0 Å². The molecule has 0 amide bonds. The maximum atomic E-state index is 8.76. The molecular formula is C8H10O2+2. The number of aliphatic carboxylic acids is 1. The molecule has 10 heavy (non-hydrogen) atoms. The molecule has 1 aromatic rings. The minimum atomic E-state index is 0.0891. The van der Waals surface area contributed by atoms with Gasteiger partial charge in [-0.05, 0) is 0 Å². The molecule has 0 fully saturated rings. The number of hydrogen-bond donors (Lipinski definition) is 0. The van der Waals surface area contributed by atoms with E-state index in [-0.39, 0.29) is 5.97 Å². The molecule has 52 valence electrons. The SMILES string of the molecule is CC(=[OH+])[OH+]c1ccccc1. The summed E-state index contributed by atoms with van der Waals surface area (Å²) >= 11 is 0. The zero-order chi connectivity index (χ0) is 7.40. The van der Waals surface area contributed by atoms with Crippen LogP contribution in [0.1, 0.15) is 6.92 Å². The van der Waals surface area contributed by atoms with Crippen LogP contribution in [0.3, 0.4) is 0 Å². The third-order valence-electron chi connectivity index (χ3n) is 1.05. The van der Waals surface area contributed by atoms with Gasteiger partial charge in [-0.1, -0.05) is 18.2 Å². The first kappa shape index (κ1) is 6.81. The number of hydrogen-bond acceptors (Lipinski definition) is 0. The van der Waals surface area contributed by atoms with E-state index in [0.29, 0.717) is 0 Å². The smallest absolute Gasteiger partial charge is 0.477 e. The highest BCUT2D eigenvalue weighted by Crippen LogP contribution is 2.08. The van der Waals surface area contributed by atoms with Crippen molar-refractivity contribution in [3.8, 4) is 5.75 Å². The molecule has 1 rings (SSSR count). The van der Waals surface area contributed by atoms with Crippen molar-refractivity contribution >= 4 is 5.97 Å². The number of benzene rings is 1. The standard InChI is InChI=1S/C8H8O2/c1-7(9)10-8-5-3-2-4-6-8/h2-6H,1H3/p+2. The summed E-state index contributed by atoms with van der Waals surface area (Å²) < 4.78 is 3.83. The lowest BCUT2D eigenvalue weighted by Crippen LogP contribution is -1.96. The fourth-order valence-electron chi connectivity index (χ4n) is 0.689. The molecule has 0 saturated heterocycles. The number of rotatable bonds is 1. The second-order valence-corrected chi connectivity index (χ2v) is 1.99. The Balaban J connectivity index is 2.67. The first-order valence-corrected chi connectivity index (χ1v) is 3.08. The molecule has 0 aliphatic carbocycles. The van der Waals surface area contributed by atoms with E-state index >= 15 is 0 Å². The average Bonchev–Trinajstić information content (AvgIpc) is 1.88. The van der Waals surface area contributed by atoms with Crippen LogP contribution in [0.4, 0.5) is 0 Å². The van der Waals surface area contributed by atoms with Gasteiger partial charge in [0.1, 0.15) is 6.92 Å². The van der Waals surface area contributed by atoms with Crippen molar-refractivity contribution < 1.29 is 9.53 Å². The van der Waals surface area contributed by atoms with Crippen LogP contribution < -0.4 is 0 Å². The second kappa shape index (κ2) is 3.01. The molecular weight excluding hydrogens is 128 g/mol. The Morgan fingerprint density at radius 3 is 2.40 bits per heavy atom. The number of carboxylic acids is 1. The molecule has 0 radical (unpaired) electrons. The summed E-state index contributed by atoms with van der Waals surface area (Å²) in [4.78, 5) is 8.76. The summed E-state index contributed by atoms with van der Waals surface area (Å²) in [6, 6.07) is 9.33. The number of ether oxygens (including phenoxy) is 1. The summed E-state index contributed by atoms with van der Waals surface area (Å²) in [7, 11) is 0.